The number of rotatable bonds is 0. The molecule has 0 atom stereocenters. The predicted molar refractivity (Wildman–Crippen MR) is 37.2 cm³/mol. The predicted octanol–water partition coefficient (Wildman–Crippen LogP) is -10.4. The van der Waals surface area contributed by atoms with E-state index in [0.717, 1.165) is 0 Å². The molecule has 12 nitrogen and oxygen atoms in total. The second kappa shape index (κ2) is 16.8. The summed E-state index contributed by atoms with van der Waals surface area (Å²) in [5.74, 6) is 0. The van der Waals surface area contributed by atoms with Crippen LogP contribution in [0.3, 0.4) is 0 Å². The first-order valence-corrected chi connectivity index (χ1v) is 6.00. The molecule has 18 heavy (non-hydrogen) atoms. The van der Waals surface area contributed by atoms with Crippen LogP contribution in [0.15, 0.2) is 0 Å². The molecule has 0 saturated heterocycles. The van der Waals surface area contributed by atoms with E-state index in [1.165, 1.54) is 0 Å². The zero-order valence-electron chi connectivity index (χ0n) is 8.62. The Morgan fingerprint density at radius 2 is 0.444 bits per heavy atom. The van der Waals surface area contributed by atoms with E-state index >= 15 is 0 Å². The standard InChI is InChI=1S/Ge.2K.3H2O4S/c;;;3*1-5(2,3)4/h;;;3*(H2,1,2,3,4)/q+4;2*+1;;;/p-6. The summed E-state index contributed by atoms with van der Waals surface area (Å²) in [6.45, 7) is 0. The van der Waals surface area contributed by atoms with Crippen molar-refractivity contribution in [2.75, 3.05) is 0 Å². The monoisotopic (exact) mass is 440 g/mol. The molecule has 0 aliphatic heterocycles. The molecule has 0 aliphatic carbocycles. The van der Waals surface area contributed by atoms with E-state index in [2.05, 4.69) is 0 Å². The van der Waals surface area contributed by atoms with Crippen molar-refractivity contribution < 1.29 is 155 Å². The van der Waals surface area contributed by atoms with E-state index in [1.807, 2.05) is 0 Å². The molecular weight excluding hydrogens is 439 g/mol. The van der Waals surface area contributed by atoms with Crippen LogP contribution in [-0.4, -0.2) is 70.2 Å². The molecular formula is GeK2O12S3. The van der Waals surface area contributed by atoms with Crippen molar-refractivity contribution in [3.63, 3.8) is 0 Å². The van der Waals surface area contributed by atoms with Crippen molar-refractivity contribution >= 4 is 48.8 Å². The normalized spacial score (nSPS) is 9.67. The van der Waals surface area contributed by atoms with Crippen LogP contribution in [0.4, 0.5) is 0 Å². The molecule has 0 N–H and O–H groups in total. The Kier molecular flexibility index (Phi) is 35.0. The zero-order chi connectivity index (χ0) is 13.5. The van der Waals surface area contributed by atoms with Crippen LogP contribution in [0.5, 0.6) is 0 Å². The second-order valence-electron chi connectivity index (χ2n) is 1.22. The van der Waals surface area contributed by atoms with Crippen LogP contribution in [-0.2, 0) is 31.2 Å². The molecule has 0 aromatic carbocycles. The molecule has 0 aliphatic rings. The quantitative estimate of drug-likeness (QED) is 0.194. The maximum atomic E-state index is 8.52. The van der Waals surface area contributed by atoms with Crippen molar-refractivity contribution in [1.82, 2.24) is 0 Å². The number of hydrogen-bond acceptors (Lipinski definition) is 12. The summed E-state index contributed by atoms with van der Waals surface area (Å²) >= 11 is 0. The third-order valence-electron chi connectivity index (χ3n) is 0. The van der Waals surface area contributed by atoms with Crippen LogP contribution in [0.25, 0.3) is 0 Å². The fourth-order valence-electron chi connectivity index (χ4n) is 0. The van der Waals surface area contributed by atoms with Gasteiger partial charge in [0.25, 0.3) is 0 Å². The minimum atomic E-state index is -5.17. The molecule has 0 aromatic heterocycles. The first-order chi connectivity index (χ1) is 6.00. The molecule has 0 radical (unpaired) electrons. The van der Waals surface area contributed by atoms with Gasteiger partial charge in [-0.1, -0.05) is 0 Å². The molecule has 0 fully saturated rings. The molecule has 96 valence electrons. The summed E-state index contributed by atoms with van der Waals surface area (Å²) in [6, 6.07) is 0. The van der Waals surface area contributed by atoms with E-state index < -0.39 is 31.2 Å². The van der Waals surface area contributed by atoms with E-state index in [4.69, 9.17) is 52.6 Å². The summed E-state index contributed by atoms with van der Waals surface area (Å²) in [4.78, 5) is 0. The zero-order valence-corrected chi connectivity index (χ0v) is 19.4. The molecule has 0 heterocycles. The SMILES string of the molecule is O=S(=O)([O-])[O-].O=S(=O)([O-])[O-].O=S(=O)([O-])[O-].[Ge+4].[K+].[K+]. The van der Waals surface area contributed by atoms with E-state index in [-0.39, 0.29) is 120 Å². The van der Waals surface area contributed by atoms with Gasteiger partial charge in [-0.15, -0.1) is 0 Å². The summed E-state index contributed by atoms with van der Waals surface area (Å²) in [5.41, 5.74) is 0. The van der Waals surface area contributed by atoms with Crippen molar-refractivity contribution in [3.05, 3.63) is 0 Å². The summed E-state index contributed by atoms with van der Waals surface area (Å²) in [6.07, 6.45) is 0. The third kappa shape index (κ3) is 562. The summed E-state index contributed by atoms with van der Waals surface area (Å²) in [7, 11) is -15.5. The average molecular weight is 439 g/mol. The molecule has 0 unspecified atom stereocenters. The van der Waals surface area contributed by atoms with Crippen LogP contribution < -0.4 is 103 Å². The third-order valence-corrected chi connectivity index (χ3v) is 0. The van der Waals surface area contributed by atoms with Gasteiger partial charge in [0.15, 0.2) is 0 Å². The van der Waals surface area contributed by atoms with Gasteiger partial charge < -0.3 is 27.3 Å². The molecule has 0 spiro atoms. The van der Waals surface area contributed by atoms with Crippen molar-refractivity contribution in [2.24, 2.45) is 0 Å². The van der Waals surface area contributed by atoms with Gasteiger partial charge in [0, 0.05) is 31.2 Å². The second-order valence-corrected chi connectivity index (χ2v) is 3.67. The molecule has 18 heteroatoms. The smallest absolute Gasteiger partial charge is 0.759 e. The van der Waals surface area contributed by atoms with Crippen LogP contribution >= 0.6 is 0 Å². The van der Waals surface area contributed by atoms with Crippen LogP contribution in [0.1, 0.15) is 0 Å². The Hall–Kier alpha value is 3.43. The first-order valence-electron chi connectivity index (χ1n) is 2.00. The van der Waals surface area contributed by atoms with Crippen molar-refractivity contribution in [3.8, 4) is 0 Å². The van der Waals surface area contributed by atoms with E-state index in [1.54, 1.807) is 0 Å². The Bertz CT molecular complexity index is 346. The van der Waals surface area contributed by atoms with Crippen molar-refractivity contribution in [2.45, 2.75) is 0 Å². The molecule has 0 amide bonds. The molecule has 0 aromatic rings. The Labute approximate surface area is 199 Å². The summed E-state index contributed by atoms with van der Waals surface area (Å²) < 4.78 is 102. The topological polar surface area (TPSA) is 241 Å². The summed E-state index contributed by atoms with van der Waals surface area (Å²) in [5, 5.41) is 0. The first kappa shape index (κ1) is 37.6. The molecule has 0 bridgehead atoms. The minimum absolute atomic E-state index is 0. The maximum Gasteiger partial charge on any atom is 4.00 e. The Balaban J connectivity index is -0.0000000277. The minimum Gasteiger partial charge on any atom is -0.759 e. The molecule has 0 saturated carbocycles. The van der Waals surface area contributed by atoms with Gasteiger partial charge in [-0.3, -0.25) is 25.3 Å². The van der Waals surface area contributed by atoms with Crippen molar-refractivity contribution in [1.29, 1.82) is 0 Å². The van der Waals surface area contributed by atoms with Gasteiger partial charge in [-0.25, -0.2) is 0 Å². The van der Waals surface area contributed by atoms with Gasteiger partial charge in [-0.05, 0) is 0 Å². The fourth-order valence-corrected chi connectivity index (χ4v) is 0. The van der Waals surface area contributed by atoms with Crippen LogP contribution in [0.2, 0.25) is 0 Å². The van der Waals surface area contributed by atoms with Gasteiger partial charge in [-0.2, -0.15) is 0 Å². The number of hydrogen-bond donors (Lipinski definition) is 0. The maximum absolute atomic E-state index is 8.52. The Morgan fingerprint density at radius 3 is 0.444 bits per heavy atom. The van der Waals surface area contributed by atoms with Gasteiger partial charge >= 0.3 is 120 Å². The van der Waals surface area contributed by atoms with Crippen LogP contribution in [0, 0.1) is 0 Å². The van der Waals surface area contributed by atoms with E-state index in [0.29, 0.717) is 0 Å². The van der Waals surface area contributed by atoms with Gasteiger partial charge in [0.1, 0.15) is 0 Å². The average Bonchev–Trinajstić information content (AvgIpc) is 1.41. The van der Waals surface area contributed by atoms with Gasteiger partial charge in [0.2, 0.25) is 0 Å². The van der Waals surface area contributed by atoms with Gasteiger partial charge in [0.05, 0.1) is 0 Å². The fraction of sp³-hybridized carbons (Fsp3) is 0. The van der Waals surface area contributed by atoms with E-state index in [9.17, 15) is 0 Å². The molecule has 0 rings (SSSR count). The largest absolute Gasteiger partial charge is 4.00 e. The Morgan fingerprint density at radius 1 is 0.444 bits per heavy atom.